The van der Waals surface area contributed by atoms with E-state index in [2.05, 4.69) is 36.9 Å². The number of carbonyl (C=O) groups excluding carboxylic acids is 1. The molecule has 0 unspecified atom stereocenters. The van der Waals surface area contributed by atoms with Crippen LogP contribution in [-0.2, 0) is 12.6 Å². The van der Waals surface area contributed by atoms with Crippen molar-refractivity contribution < 1.29 is 18.0 Å². The number of aryl methyl sites for hydroxylation is 1. The van der Waals surface area contributed by atoms with Gasteiger partial charge < -0.3 is 10.6 Å². The molecule has 164 valence electrons. The molecular formula is C20H17F3N8O. The Kier molecular flexibility index (Phi) is 5.48. The van der Waals surface area contributed by atoms with Crippen LogP contribution in [0.15, 0.2) is 30.9 Å². The molecule has 9 nitrogen and oxygen atoms in total. The number of urea groups is 1. The first kappa shape index (κ1) is 21.2. The number of pyridine rings is 2. The molecular weight excluding hydrogens is 425 g/mol. The van der Waals surface area contributed by atoms with Crippen LogP contribution in [0.5, 0.6) is 0 Å². The fourth-order valence-corrected chi connectivity index (χ4v) is 3.24. The summed E-state index contributed by atoms with van der Waals surface area (Å²) in [5.74, 6) is -0.0731. The molecule has 2 amide bonds. The van der Waals surface area contributed by atoms with Gasteiger partial charge in [-0.2, -0.15) is 28.6 Å². The molecule has 32 heavy (non-hydrogen) atoms. The van der Waals surface area contributed by atoms with E-state index in [9.17, 15) is 23.2 Å². The summed E-state index contributed by atoms with van der Waals surface area (Å²) in [4.78, 5) is 21.2. The van der Waals surface area contributed by atoms with Crippen molar-refractivity contribution in [2.45, 2.75) is 32.4 Å². The first-order valence-corrected chi connectivity index (χ1v) is 9.66. The molecule has 2 N–H and O–H groups in total. The molecule has 12 heteroatoms. The highest BCUT2D eigenvalue weighted by Gasteiger charge is 2.36. The lowest BCUT2D eigenvalue weighted by atomic mass is 10.0. The average molecular weight is 442 g/mol. The van der Waals surface area contributed by atoms with Crippen LogP contribution in [0.1, 0.15) is 35.2 Å². The Balaban J connectivity index is 1.58. The molecule has 0 atom stereocenters. The number of hydrogen-bond donors (Lipinski definition) is 2. The van der Waals surface area contributed by atoms with Gasteiger partial charge in [0, 0.05) is 0 Å². The molecule has 3 aromatic heterocycles. The van der Waals surface area contributed by atoms with E-state index in [1.807, 2.05) is 0 Å². The summed E-state index contributed by atoms with van der Waals surface area (Å²) in [6, 6.07) is 2.09. The summed E-state index contributed by atoms with van der Waals surface area (Å²) in [6.45, 7) is 1.71. The van der Waals surface area contributed by atoms with Gasteiger partial charge in [-0.15, -0.1) is 4.80 Å². The van der Waals surface area contributed by atoms with E-state index >= 15 is 0 Å². The van der Waals surface area contributed by atoms with Gasteiger partial charge in [-0.3, -0.25) is 4.98 Å². The monoisotopic (exact) mass is 442 g/mol. The maximum absolute atomic E-state index is 13.5. The van der Waals surface area contributed by atoms with E-state index in [0.717, 1.165) is 29.9 Å². The molecule has 4 rings (SSSR count). The second-order valence-electron chi connectivity index (χ2n) is 7.36. The minimum absolute atomic E-state index is 0.171. The Morgan fingerprint density at radius 2 is 1.94 bits per heavy atom. The van der Waals surface area contributed by atoms with Crippen LogP contribution < -0.4 is 10.6 Å². The Morgan fingerprint density at radius 3 is 2.56 bits per heavy atom. The van der Waals surface area contributed by atoms with Crippen molar-refractivity contribution in [1.29, 1.82) is 5.26 Å². The van der Waals surface area contributed by atoms with Gasteiger partial charge in [0.15, 0.2) is 5.82 Å². The van der Waals surface area contributed by atoms with Crippen molar-refractivity contribution in [3.05, 3.63) is 53.2 Å². The second kappa shape index (κ2) is 8.26. The molecule has 0 aliphatic heterocycles. The molecule has 0 spiro atoms. The van der Waals surface area contributed by atoms with Crippen LogP contribution in [0, 0.1) is 24.2 Å². The maximum atomic E-state index is 13.5. The third-order valence-electron chi connectivity index (χ3n) is 4.96. The SMILES string of the molecule is Cc1ncc(NC(=O)Nc2cnc(-n3nccn3)c(C(F)(F)F)c2)c(CC2CC2)c1C#N. The van der Waals surface area contributed by atoms with Gasteiger partial charge in [0.2, 0.25) is 0 Å². The summed E-state index contributed by atoms with van der Waals surface area (Å²) >= 11 is 0. The van der Waals surface area contributed by atoms with Crippen molar-refractivity contribution in [3.8, 4) is 11.9 Å². The zero-order valence-electron chi connectivity index (χ0n) is 16.8. The molecule has 0 bridgehead atoms. The highest BCUT2D eigenvalue weighted by Crippen LogP contribution is 2.36. The Hall–Kier alpha value is -4.01. The highest BCUT2D eigenvalue weighted by molar-refractivity contribution is 6.00. The van der Waals surface area contributed by atoms with Crippen LogP contribution >= 0.6 is 0 Å². The summed E-state index contributed by atoms with van der Waals surface area (Å²) in [5.41, 5.74) is 0.687. The lowest BCUT2D eigenvalue weighted by Gasteiger charge is -2.15. The van der Waals surface area contributed by atoms with Crippen LogP contribution in [0.2, 0.25) is 0 Å². The Morgan fingerprint density at radius 1 is 1.22 bits per heavy atom. The molecule has 0 radical (unpaired) electrons. The van der Waals surface area contributed by atoms with Gasteiger partial charge in [-0.1, -0.05) is 0 Å². The summed E-state index contributed by atoms with van der Waals surface area (Å²) < 4.78 is 40.6. The summed E-state index contributed by atoms with van der Waals surface area (Å²) in [5, 5.41) is 21.8. The van der Waals surface area contributed by atoms with Crippen molar-refractivity contribution in [2.75, 3.05) is 10.6 Å². The van der Waals surface area contributed by atoms with E-state index in [4.69, 9.17) is 0 Å². The molecule has 1 aliphatic rings. The van der Waals surface area contributed by atoms with Crippen molar-refractivity contribution in [3.63, 3.8) is 0 Å². The van der Waals surface area contributed by atoms with E-state index in [1.54, 1.807) is 6.92 Å². The summed E-state index contributed by atoms with van der Waals surface area (Å²) in [6.07, 6.45) is 2.93. The molecule has 3 aromatic rings. The normalized spacial score (nSPS) is 13.5. The minimum Gasteiger partial charge on any atom is -0.306 e. The number of amides is 2. The Bertz CT molecular complexity index is 1200. The molecule has 0 aromatic carbocycles. The van der Waals surface area contributed by atoms with Gasteiger partial charge in [0.05, 0.1) is 47.4 Å². The number of nitriles is 1. The molecule has 0 saturated heterocycles. The van der Waals surface area contributed by atoms with Gasteiger partial charge in [0.25, 0.3) is 0 Å². The molecule has 1 aliphatic carbocycles. The largest absolute Gasteiger partial charge is 0.420 e. The van der Waals surface area contributed by atoms with E-state index in [0.29, 0.717) is 34.8 Å². The highest BCUT2D eigenvalue weighted by atomic mass is 19.4. The first-order valence-electron chi connectivity index (χ1n) is 9.66. The zero-order chi connectivity index (χ0) is 22.9. The van der Waals surface area contributed by atoms with Crippen LogP contribution in [0.25, 0.3) is 5.82 Å². The van der Waals surface area contributed by atoms with Crippen molar-refractivity contribution in [1.82, 2.24) is 25.0 Å². The number of hydrogen-bond acceptors (Lipinski definition) is 6. The molecule has 1 fully saturated rings. The number of nitrogens with zero attached hydrogens (tertiary/aromatic N) is 6. The Labute approximate surface area is 180 Å². The number of alkyl halides is 3. The first-order chi connectivity index (χ1) is 15.3. The van der Waals surface area contributed by atoms with Crippen LogP contribution in [-0.4, -0.2) is 31.0 Å². The zero-order valence-corrected chi connectivity index (χ0v) is 16.8. The predicted molar refractivity (Wildman–Crippen MR) is 107 cm³/mol. The number of anilines is 2. The third-order valence-corrected chi connectivity index (χ3v) is 4.96. The number of halogens is 3. The lowest BCUT2D eigenvalue weighted by molar-refractivity contribution is -0.137. The quantitative estimate of drug-likeness (QED) is 0.619. The molecule has 3 heterocycles. The molecule has 1 saturated carbocycles. The maximum Gasteiger partial charge on any atom is 0.420 e. The average Bonchev–Trinajstić information content (AvgIpc) is 3.39. The van der Waals surface area contributed by atoms with E-state index in [1.165, 1.54) is 18.6 Å². The number of carbonyl (C=O) groups is 1. The minimum atomic E-state index is -4.75. The topological polar surface area (TPSA) is 121 Å². The number of nitrogens with one attached hydrogen (secondary N) is 2. The van der Waals surface area contributed by atoms with E-state index in [-0.39, 0.29) is 5.69 Å². The van der Waals surface area contributed by atoms with Crippen LogP contribution in [0.3, 0.4) is 0 Å². The van der Waals surface area contributed by atoms with Crippen molar-refractivity contribution >= 4 is 17.4 Å². The van der Waals surface area contributed by atoms with Gasteiger partial charge >= 0.3 is 12.2 Å². The fraction of sp³-hybridized carbons (Fsp3) is 0.300. The smallest absolute Gasteiger partial charge is 0.306 e. The van der Waals surface area contributed by atoms with Gasteiger partial charge in [-0.05, 0) is 43.7 Å². The van der Waals surface area contributed by atoms with E-state index < -0.39 is 23.6 Å². The standard InChI is InChI=1S/C20H17F3N8O/c1-11-15(8-24)14(6-12-2-3-12)17(10-25-11)30-19(32)29-13-7-16(20(21,22)23)18(26-9-13)31-27-4-5-28-31/h4-5,7,9-10,12H,2-3,6H2,1H3,(H2,29,30,32). The second-order valence-corrected chi connectivity index (χ2v) is 7.36. The predicted octanol–water partition coefficient (Wildman–Crippen LogP) is 3.85. The van der Waals surface area contributed by atoms with Gasteiger partial charge in [-0.25, -0.2) is 9.78 Å². The van der Waals surface area contributed by atoms with Crippen molar-refractivity contribution in [2.24, 2.45) is 5.92 Å². The third kappa shape index (κ3) is 4.51. The summed E-state index contributed by atoms with van der Waals surface area (Å²) in [7, 11) is 0. The number of aromatic nitrogens is 5. The van der Waals surface area contributed by atoms with Crippen LogP contribution in [0.4, 0.5) is 29.3 Å². The number of rotatable bonds is 5. The fourth-order valence-electron chi connectivity index (χ4n) is 3.24. The lowest BCUT2D eigenvalue weighted by Crippen LogP contribution is -2.22. The van der Waals surface area contributed by atoms with Gasteiger partial charge in [0.1, 0.15) is 11.6 Å².